The van der Waals surface area contributed by atoms with Crippen LogP contribution in [0.3, 0.4) is 0 Å². The van der Waals surface area contributed by atoms with Crippen LogP contribution in [0, 0.1) is 0 Å². The van der Waals surface area contributed by atoms with Gasteiger partial charge in [0.1, 0.15) is 0 Å². The number of carboxylic acids is 1. The number of carbonyl (C=O) groups excluding carboxylic acids is 1. The van der Waals surface area contributed by atoms with Crippen LogP contribution in [0.1, 0.15) is 16.8 Å². The van der Waals surface area contributed by atoms with Gasteiger partial charge in [0.15, 0.2) is 0 Å². The van der Waals surface area contributed by atoms with Gasteiger partial charge in [0.25, 0.3) is 5.78 Å². The van der Waals surface area contributed by atoms with E-state index in [1.165, 1.54) is 6.08 Å². The van der Waals surface area contributed by atoms with Crippen molar-refractivity contribution < 1.29 is 14.7 Å². The summed E-state index contributed by atoms with van der Waals surface area (Å²) in [5.74, 6) is -2.57. The molecule has 0 saturated carbocycles. The zero-order valence-corrected chi connectivity index (χ0v) is 16.5. The summed E-state index contributed by atoms with van der Waals surface area (Å²) in [7, 11) is 0. The minimum Gasteiger partial charge on any atom is -0.475 e. The Bertz CT molecular complexity index is 1290. The molecule has 6 nitrogen and oxygen atoms in total. The molecule has 0 unspecified atom stereocenters. The summed E-state index contributed by atoms with van der Waals surface area (Å²) >= 11 is 6.20. The molecule has 0 atom stereocenters. The number of hydrogen-bond donors (Lipinski definition) is 1. The number of aromatic nitrogens is 3. The molecule has 0 fully saturated rings. The standard InChI is InChI=1S/C23H16ClN3O3/c24-19-7-3-1-6-17(19)14-27-13-15(12-25-27)11-18(22(28)23(29)30)21-10-9-16-5-2-4-8-20(16)26-21/h1-13H,14H2,(H,29,30)/b18-11-. The minimum atomic E-state index is -1.54. The molecule has 0 spiro atoms. The van der Waals surface area contributed by atoms with E-state index in [0.29, 0.717) is 28.3 Å². The van der Waals surface area contributed by atoms with E-state index < -0.39 is 11.8 Å². The Kier molecular flexibility index (Phi) is 5.41. The molecule has 0 aliphatic rings. The molecule has 0 aliphatic heterocycles. The Labute approximate surface area is 177 Å². The number of para-hydroxylation sites is 1. The molecule has 2 heterocycles. The van der Waals surface area contributed by atoms with Crippen LogP contribution >= 0.6 is 11.6 Å². The summed E-state index contributed by atoms with van der Waals surface area (Å²) in [6, 6.07) is 18.3. The first-order valence-electron chi connectivity index (χ1n) is 9.12. The van der Waals surface area contributed by atoms with Gasteiger partial charge in [-0.3, -0.25) is 9.48 Å². The van der Waals surface area contributed by atoms with Crippen molar-refractivity contribution in [3.63, 3.8) is 0 Å². The maximum atomic E-state index is 12.4. The largest absolute Gasteiger partial charge is 0.475 e. The number of fused-ring (bicyclic) bond motifs is 1. The van der Waals surface area contributed by atoms with Gasteiger partial charge in [-0.2, -0.15) is 5.10 Å². The van der Waals surface area contributed by atoms with E-state index in [2.05, 4.69) is 10.1 Å². The van der Waals surface area contributed by atoms with Crippen LogP contribution in [0.15, 0.2) is 73.1 Å². The number of benzene rings is 2. The number of ketones is 1. The van der Waals surface area contributed by atoms with Gasteiger partial charge < -0.3 is 5.11 Å². The number of hydrogen-bond acceptors (Lipinski definition) is 4. The zero-order valence-electron chi connectivity index (χ0n) is 15.7. The van der Waals surface area contributed by atoms with Crippen molar-refractivity contribution in [2.24, 2.45) is 0 Å². The molecule has 4 aromatic rings. The maximum Gasteiger partial charge on any atom is 0.377 e. The van der Waals surface area contributed by atoms with Gasteiger partial charge in [-0.15, -0.1) is 0 Å². The predicted octanol–water partition coefficient (Wildman–Crippen LogP) is 4.33. The van der Waals surface area contributed by atoms with Gasteiger partial charge in [-0.1, -0.05) is 54.1 Å². The molecule has 2 aromatic heterocycles. The maximum absolute atomic E-state index is 12.4. The molecular weight excluding hydrogens is 402 g/mol. The predicted molar refractivity (Wildman–Crippen MR) is 115 cm³/mol. The average molecular weight is 418 g/mol. The van der Waals surface area contributed by atoms with Crippen LogP contribution in [0.2, 0.25) is 5.02 Å². The summed E-state index contributed by atoms with van der Waals surface area (Å²) in [6.07, 6.45) is 4.77. The average Bonchev–Trinajstić information content (AvgIpc) is 3.20. The summed E-state index contributed by atoms with van der Waals surface area (Å²) in [4.78, 5) is 28.2. The molecule has 0 aliphatic carbocycles. The van der Waals surface area contributed by atoms with E-state index in [1.54, 1.807) is 29.2 Å². The molecule has 148 valence electrons. The van der Waals surface area contributed by atoms with Crippen LogP contribution in [0.25, 0.3) is 22.6 Å². The second kappa shape index (κ2) is 8.31. The van der Waals surface area contributed by atoms with Gasteiger partial charge in [0, 0.05) is 22.2 Å². The zero-order chi connectivity index (χ0) is 21.1. The number of nitrogens with zero attached hydrogens (tertiary/aromatic N) is 3. The molecule has 0 radical (unpaired) electrons. The van der Waals surface area contributed by atoms with Crippen molar-refractivity contribution in [1.29, 1.82) is 0 Å². The molecule has 7 heteroatoms. The third-order valence-electron chi connectivity index (χ3n) is 4.57. The molecule has 0 amide bonds. The number of Topliss-reactive ketones (excluding diaryl/α,β-unsaturated/α-hetero) is 1. The van der Waals surface area contributed by atoms with Gasteiger partial charge >= 0.3 is 5.97 Å². The smallest absolute Gasteiger partial charge is 0.377 e. The molecule has 4 rings (SSSR count). The Morgan fingerprint density at radius 3 is 2.60 bits per heavy atom. The summed E-state index contributed by atoms with van der Waals surface area (Å²) in [5, 5.41) is 15.1. The first-order valence-corrected chi connectivity index (χ1v) is 9.50. The van der Waals surface area contributed by atoms with Crippen LogP contribution in [0.5, 0.6) is 0 Å². The van der Waals surface area contributed by atoms with E-state index in [4.69, 9.17) is 11.6 Å². The molecule has 2 aromatic carbocycles. The first-order chi connectivity index (χ1) is 14.5. The van der Waals surface area contributed by atoms with E-state index in [0.717, 1.165) is 10.9 Å². The van der Waals surface area contributed by atoms with Gasteiger partial charge in [-0.05, 0) is 29.8 Å². The second-order valence-corrected chi connectivity index (χ2v) is 7.05. The van der Waals surface area contributed by atoms with Crippen LogP contribution in [-0.4, -0.2) is 31.6 Å². The van der Waals surface area contributed by atoms with E-state index in [1.807, 2.05) is 48.5 Å². The minimum absolute atomic E-state index is 0.00875. The van der Waals surface area contributed by atoms with Crippen molar-refractivity contribution in [2.75, 3.05) is 0 Å². The lowest BCUT2D eigenvalue weighted by Gasteiger charge is -2.05. The van der Waals surface area contributed by atoms with E-state index in [-0.39, 0.29) is 5.57 Å². The number of halogens is 1. The Hall–Kier alpha value is -3.77. The second-order valence-electron chi connectivity index (χ2n) is 6.64. The molecule has 0 bridgehead atoms. The van der Waals surface area contributed by atoms with E-state index >= 15 is 0 Å². The highest BCUT2D eigenvalue weighted by Crippen LogP contribution is 2.22. The third kappa shape index (κ3) is 4.14. The van der Waals surface area contributed by atoms with E-state index in [9.17, 15) is 14.7 Å². The number of rotatable bonds is 6. The summed E-state index contributed by atoms with van der Waals surface area (Å²) in [5.41, 5.74) is 2.44. The lowest BCUT2D eigenvalue weighted by molar-refractivity contribution is -0.146. The van der Waals surface area contributed by atoms with Crippen molar-refractivity contribution in [3.05, 3.63) is 94.9 Å². The lowest BCUT2D eigenvalue weighted by Crippen LogP contribution is -2.15. The van der Waals surface area contributed by atoms with Gasteiger partial charge in [0.05, 0.1) is 29.5 Å². The fourth-order valence-electron chi connectivity index (χ4n) is 3.10. The number of carboxylic acid groups (broad SMARTS) is 1. The summed E-state index contributed by atoms with van der Waals surface area (Å²) < 4.78 is 1.67. The Balaban J connectivity index is 1.71. The van der Waals surface area contributed by atoms with Gasteiger partial charge in [0.2, 0.25) is 0 Å². The summed E-state index contributed by atoms with van der Waals surface area (Å²) in [6.45, 7) is 0.448. The van der Waals surface area contributed by atoms with Gasteiger partial charge in [-0.25, -0.2) is 9.78 Å². The number of pyridine rings is 1. The Morgan fingerprint density at radius 2 is 1.80 bits per heavy atom. The van der Waals surface area contributed by atoms with Crippen molar-refractivity contribution in [2.45, 2.75) is 6.54 Å². The normalized spacial score (nSPS) is 11.6. The quantitative estimate of drug-likeness (QED) is 0.373. The fourth-order valence-corrected chi connectivity index (χ4v) is 3.29. The molecule has 0 saturated heterocycles. The molecule has 1 N–H and O–H groups in total. The molecule has 30 heavy (non-hydrogen) atoms. The first kappa shape index (κ1) is 19.5. The fraction of sp³-hybridized carbons (Fsp3) is 0.0435. The Morgan fingerprint density at radius 1 is 1.03 bits per heavy atom. The number of aliphatic carboxylic acids is 1. The highest BCUT2D eigenvalue weighted by atomic mass is 35.5. The third-order valence-corrected chi connectivity index (χ3v) is 4.94. The van der Waals surface area contributed by atoms with Crippen LogP contribution in [-0.2, 0) is 16.1 Å². The van der Waals surface area contributed by atoms with Crippen LogP contribution < -0.4 is 0 Å². The van der Waals surface area contributed by atoms with Crippen molar-refractivity contribution in [3.8, 4) is 0 Å². The highest BCUT2D eigenvalue weighted by Gasteiger charge is 2.21. The lowest BCUT2D eigenvalue weighted by atomic mass is 10.0. The highest BCUT2D eigenvalue weighted by molar-refractivity contribution is 6.52. The van der Waals surface area contributed by atoms with Crippen molar-refractivity contribution in [1.82, 2.24) is 14.8 Å². The molecular formula is C23H16ClN3O3. The van der Waals surface area contributed by atoms with Crippen molar-refractivity contribution >= 4 is 45.9 Å². The topological polar surface area (TPSA) is 85.1 Å². The SMILES string of the molecule is O=C(O)C(=O)/C(=C\c1cnn(Cc2ccccc2Cl)c1)c1ccc2ccccc2n1. The number of carbonyl (C=O) groups is 2. The monoisotopic (exact) mass is 417 g/mol. The van der Waals surface area contributed by atoms with Crippen LogP contribution in [0.4, 0.5) is 0 Å².